The molecule has 100 valence electrons. The molecule has 1 aromatic carbocycles. The first-order valence-electron chi connectivity index (χ1n) is 5.68. The van der Waals surface area contributed by atoms with E-state index in [2.05, 4.69) is 15.0 Å². The van der Waals surface area contributed by atoms with Gasteiger partial charge in [-0.3, -0.25) is 0 Å². The first kappa shape index (κ1) is 13.1. The van der Waals surface area contributed by atoms with Crippen molar-refractivity contribution in [2.24, 2.45) is 7.05 Å². The van der Waals surface area contributed by atoms with Gasteiger partial charge in [0.25, 0.3) is 0 Å². The number of methoxy groups -OCH3 is 1. The number of ether oxygens (including phenoxy) is 1. The molecule has 0 saturated heterocycles. The van der Waals surface area contributed by atoms with E-state index in [1.165, 1.54) is 19.2 Å². The molecule has 0 aliphatic heterocycles. The molecule has 0 radical (unpaired) electrons. The molecule has 1 N–H and O–H groups in total. The van der Waals surface area contributed by atoms with Crippen LogP contribution in [0.25, 0.3) is 0 Å². The van der Waals surface area contributed by atoms with Crippen LogP contribution in [0.15, 0.2) is 30.7 Å². The van der Waals surface area contributed by atoms with E-state index in [-0.39, 0.29) is 5.56 Å². The Balaban J connectivity index is 2.20. The summed E-state index contributed by atoms with van der Waals surface area (Å²) in [5.41, 5.74) is 1.64. The van der Waals surface area contributed by atoms with Crippen LogP contribution < -0.4 is 5.32 Å². The first-order chi connectivity index (χ1) is 9.11. The highest BCUT2D eigenvalue weighted by Gasteiger charge is 2.13. The van der Waals surface area contributed by atoms with Gasteiger partial charge in [-0.15, -0.1) is 0 Å². The number of nitrogens with one attached hydrogen (secondary N) is 1. The van der Waals surface area contributed by atoms with Crippen molar-refractivity contribution >= 4 is 11.7 Å². The van der Waals surface area contributed by atoms with Gasteiger partial charge in [-0.05, 0) is 18.2 Å². The Bertz CT molecular complexity index is 595. The fourth-order valence-electron chi connectivity index (χ4n) is 1.69. The van der Waals surface area contributed by atoms with E-state index in [1.54, 1.807) is 12.5 Å². The molecule has 1 aromatic heterocycles. The molecule has 0 aliphatic rings. The average molecular weight is 263 g/mol. The highest BCUT2D eigenvalue weighted by atomic mass is 19.1. The number of hydrogen-bond donors (Lipinski definition) is 1. The number of halogens is 1. The second-order valence-electron chi connectivity index (χ2n) is 4.03. The van der Waals surface area contributed by atoms with E-state index in [0.29, 0.717) is 12.2 Å². The van der Waals surface area contributed by atoms with Crippen molar-refractivity contribution in [1.29, 1.82) is 0 Å². The van der Waals surface area contributed by atoms with Crippen LogP contribution in [0.5, 0.6) is 0 Å². The number of carbonyl (C=O) groups is 1. The number of benzene rings is 1. The van der Waals surface area contributed by atoms with Gasteiger partial charge < -0.3 is 14.6 Å². The van der Waals surface area contributed by atoms with Gasteiger partial charge in [-0.2, -0.15) is 0 Å². The molecule has 0 saturated carbocycles. The van der Waals surface area contributed by atoms with E-state index in [1.807, 2.05) is 11.6 Å². The van der Waals surface area contributed by atoms with Gasteiger partial charge in [0.15, 0.2) is 0 Å². The maximum atomic E-state index is 13.2. The monoisotopic (exact) mass is 263 g/mol. The molecule has 0 unspecified atom stereocenters. The lowest BCUT2D eigenvalue weighted by atomic mass is 10.1. The lowest BCUT2D eigenvalue weighted by Gasteiger charge is -2.11. The summed E-state index contributed by atoms with van der Waals surface area (Å²) in [4.78, 5) is 15.6. The van der Waals surface area contributed by atoms with Crippen LogP contribution in [0.4, 0.5) is 10.1 Å². The van der Waals surface area contributed by atoms with Gasteiger partial charge in [0.2, 0.25) is 0 Å². The number of hydrogen-bond acceptors (Lipinski definition) is 4. The number of rotatable bonds is 4. The minimum atomic E-state index is -0.577. The Morgan fingerprint density at radius 1 is 1.53 bits per heavy atom. The van der Waals surface area contributed by atoms with Gasteiger partial charge in [-0.1, -0.05) is 0 Å². The number of aryl methyl sites for hydroxylation is 1. The minimum absolute atomic E-state index is 0.171. The van der Waals surface area contributed by atoms with Gasteiger partial charge >= 0.3 is 5.97 Å². The number of nitrogens with zero attached hydrogens (tertiary/aromatic N) is 2. The highest BCUT2D eigenvalue weighted by molar-refractivity contribution is 5.95. The minimum Gasteiger partial charge on any atom is -0.465 e. The molecule has 1 heterocycles. The van der Waals surface area contributed by atoms with Crippen molar-refractivity contribution in [3.05, 3.63) is 47.8 Å². The van der Waals surface area contributed by atoms with Crippen molar-refractivity contribution in [2.75, 3.05) is 12.4 Å². The maximum Gasteiger partial charge on any atom is 0.340 e. The molecular weight excluding hydrogens is 249 g/mol. The van der Waals surface area contributed by atoms with E-state index in [0.717, 1.165) is 11.8 Å². The largest absolute Gasteiger partial charge is 0.465 e. The molecule has 6 heteroatoms. The van der Waals surface area contributed by atoms with Crippen LogP contribution >= 0.6 is 0 Å². The Kier molecular flexibility index (Phi) is 3.79. The predicted octanol–water partition coefficient (Wildman–Crippen LogP) is 1.96. The van der Waals surface area contributed by atoms with Gasteiger partial charge in [0, 0.05) is 18.9 Å². The van der Waals surface area contributed by atoms with Gasteiger partial charge in [-0.25, -0.2) is 14.2 Å². The number of aromatic nitrogens is 2. The molecule has 2 aromatic rings. The Hall–Kier alpha value is -2.37. The first-order valence-corrected chi connectivity index (χ1v) is 5.68. The lowest BCUT2D eigenvalue weighted by molar-refractivity contribution is 0.0601. The van der Waals surface area contributed by atoms with Crippen molar-refractivity contribution in [1.82, 2.24) is 9.55 Å². The van der Waals surface area contributed by atoms with Crippen LogP contribution in [-0.2, 0) is 18.3 Å². The zero-order valence-electron chi connectivity index (χ0n) is 10.7. The number of imidazole rings is 1. The van der Waals surface area contributed by atoms with Crippen LogP contribution in [0.3, 0.4) is 0 Å². The number of carbonyl (C=O) groups excluding carboxylic acids is 1. The third-order valence-electron chi connectivity index (χ3n) is 2.76. The van der Waals surface area contributed by atoms with Crippen LogP contribution in [-0.4, -0.2) is 22.6 Å². The molecule has 0 atom stereocenters. The van der Waals surface area contributed by atoms with Crippen molar-refractivity contribution in [3.8, 4) is 0 Å². The SMILES string of the molecule is COC(=O)c1cc(F)ccc1NCc1cncn1C. The topological polar surface area (TPSA) is 56.1 Å². The standard InChI is InChI=1S/C13H14FN3O2/c1-17-8-15-6-10(17)7-16-12-4-3-9(14)5-11(12)13(18)19-2/h3-6,8,16H,7H2,1-2H3. The summed E-state index contributed by atoms with van der Waals surface area (Å²) >= 11 is 0. The summed E-state index contributed by atoms with van der Waals surface area (Å²) in [5.74, 6) is -1.06. The van der Waals surface area contributed by atoms with E-state index < -0.39 is 11.8 Å². The normalized spacial score (nSPS) is 10.3. The number of anilines is 1. The molecule has 19 heavy (non-hydrogen) atoms. The Morgan fingerprint density at radius 2 is 2.32 bits per heavy atom. The van der Waals surface area contributed by atoms with Crippen molar-refractivity contribution in [2.45, 2.75) is 6.54 Å². The summed E-state index contributed by atoms with van der Waals surface area (Å²) < 4.78 is 19.7. The second-order valence-corrected chi connectivity index (χ2v) is 4.03. The molecule has 2 rings (SSSR count). The summed E-state index contributed by atoms with van der Waals surface area (Å²) in [6.07, 6.45) is 3.40. The van der Waals surface area contributed by atoms with Crippen molar-refractivity contribution in [3.63, 3.8) is 0 Å². The number of esters is 1. The van der Waals surface area contributed by atoms with Gasteiger partial charge in [0.1, 0.15) is 5.82 Å². The summed E-state index contributed by atoms with van der Waals surface area (Å²) in [7, 11) is 3.13. The van der Waals surface area contributed by atoms with Gasteiger partial charge in [0.05, 0.1) is 31.2 Å². The van der Waals surface area contributed by atoms with Crippen LogP contribution in [0, 0.1) is 5.82 Å². The molecule has 0 fully saturated rings. The van der Waals surface area contributed by atoms with Crippen LogP contribution in [0.2, 0.25) is 0 Å². The van der Waals surface area contributed by atoms with Crippen LogP contribution in [0.1, 0.15) is 16.1 Å². The predicted molar refractivity (Wildman–Crippen MR) is 68.3 cm³/mol. The second kappa shape index (κ2) is 5.51. The van der Waals surface area contributed by atoms with E-state index in [4.69, 9.17) is 0 Å². The third kappa shape index (κ3) is 2.90. The fraction of sp³-hybridized carbons (Fsp3) is 0.231. The summed E-state index contributed by atoms with van der Waals surface area (Å²) in [5, 5.41) is 3.07. The highest BCUT2D eigenvalue weighted by Crippen LogP contribution is 2.18. The third-order valence-corrected chi connectivity index (χ3v) is 2.76. The fourth-order valence-corrected chi connectivity index (χ4v) is 1.69. The average Bonchev–Trinajstić information content (AvgIpc) is 2.82. The van der Waals surface area contributed by atoms with E-state index >= 15 is 0 Å². The molecule has 0 bridgehead atoms. The molecule has 0 spiro atoms. The molecule has 0 aliphatic carbocycles. The quantitative estimate of drug-likeness (QED) is 0.857. The maximum absolute atomic E-state index is 13.2. The Labute approximate surface area is 110 Å². The zero-order valence-corrected chi connectivity index (χ0v) is 10.7. The zero-order chi connectivity index (χ0) is 13.8. The molecule has 0 amide bonds. The smallest absolute Gasteiger partial charge is 0.340 e. The van der Waals surface area contributed by atoms with E-state index in [9.17, 15) is 9.18 Å². The summed E-state index contributed by atoms with van der Waals surface area (Å²) in [6, 6.07) is 3.95. The molecular formula is C13H14FN3O2. The summed E-state index contributed by atoms with van der Waals surface area (Å²) in [6.45, 7) is 0.478. The van der Waals surface area contributed by atoms with Crippen molar-refractivity contribution < 1.29 is 13.9 Å². The lowest BCUT2D eigenvalue weighted by Crippen LogP contribution is -2.10. The molecule has 5 nitrogen and oxygen atoms in total. The Morgan fingerprint density at radius 3 is 2.95 bits per heavy atom.